The minimum Gasteiger partial charge on any atom is -0.481 e. The molecule has 17 nitrogen and oxygen atoms in total. The normalized spacial score (nSPS) is 14.4. The van der Waals surface area contributed by atoms with E-state index in [-0.39, 0.29) is 50.7 Å². The van der Waals surface area contributed by atoms with Gasteiger partial charge in [0.25, 0.3) is 0 Å². The monoisotopic (exact) mass is 572 g/mol. The van der Waals surface area contributed by atoms with Crippen LogP contribution in [0.15, 0.2) is 9.98 Å². The zero-order valence-corrected chi connectivity index (χ0v) is 23.0. The van der Waals surface area contributed by atoms with Crippen LogP contribution < -0.4 is 44.6 Å². The van der Waals surface area contributed by atoms with Crippen molar-refractivity contribution in [3.63, 3.8) is 0 Å². The number of hydrogen-bond donors (Lipinski definition) is 10. The van der Waals surface area contributed by atoms with E-state index in [1.54, 1.807) is 13.8 Å². The number of hydrogen-bond acceptors (Lipinski definition) is 8. The number of carboxylic acids is 2. The Kier molecular flexibility index (Phi) is 17.0. The first kappa shape index (κ1) is 35.9. The first-order valence-corrected chi connectivity index (χ1v) is 12.9. The zero-order valence-electron chi connectivity index (χ0n) is 23.0. The number of carboxylic acid groups (broad SMARTS) is 2. The summed E-state index contributed by atoms with van der Waals surface area (Å²) >= 11 is 0. The van der Waals surface area contributed by atoms with Crippen LogP contribution in [-0.2, 0) is 24.0 Å². The van der Waals surface area contributed by atoms with Gasteiger partial charge in [0.1, 0.15) is 18.1 Å². The minimum atomic E-state index is -1.39. The number of nitrogens with two attached hydrogens (primary N) is 5. The molecular weight excluding hydrogens is 528 g/mol. The Morgan fingerprint density at radius 3 is 1.70 bits per heavy atom. The van der Waals surface area contributed by atoms with Gasteiger partial charge in [0.2, 0.25) is 17.7 Å². The number of aliphatic carboxylic acids is 2. The van der Waals surface area contributed by atoms with E-state index in [4.69, 9.17) is 33.8 Å². The third-order valence-corrected chi connectivity index (χ3v) is 5.94. The van der Waals surface area contributed by atoms with Crippen molar-refractivity contribution in [2.45, 2.75) is 83.0 Å². The van der Waals surface area contributed by atoms with Crippen molar-refractivity contribution in [1.29, 1.82) is 0 Å². The van der Waals surface area contributed by atoms with Crippen molar-refractivity contribution < 1.29 is 34.2 Å². The van der Waals surface area contributed by atoms with Gasteiger partial charge in [-0.2, -0.15) is 0 Å². The molecule has 0 spiro atoms. The van der Waals surface area contributed by atoms with Crippen LogP contribution in [0.3, 0.4) is 0 Å². The summed E-state index contributed by atoms with van der Waals surface area (Å²) < 4.78 is 0. The molecule has 0 aromatic heterocycles. The Morgan fingerprint density at radius 2 is 1.23 bits per heavy atom. The van der Waals surface area contributed by atoms with Crippen LogP contribution in [-0.4, -0.2) is 89.0 Å². The van der Waals surface area contributed by atoms with Gasteiger partial charge in [0.05, 0.1) is 6.04 Å². The van der Waals surface area contributed by atoms with Gasteiger partial charge in [-0.05, 0) is 38.0 Å². The van der Waals surface area contributed by atoms with E-state index in [1.807, 2.05) is 0 Å². The fourth-order valence-corrected chi connectivity index (χ4v) is 3.45. The van der Waals surface area contributed by atoms with Crippen molar-refractivity contribution in [2.24, 2.45) is 44.6 Å². The number of carbonyl (C=O) groups is 5. The molecule has 0 aromatic carbocycles. The average molecular weight is 573 g/mol. The van der Waals surface area contributed by atoms with E-state index in [1.165, 1.54) is 0 Å². The molecule has 228 valence electrons. The number of carbonyl (C=O) groups excluding carboxylic acids is 3. The second-order valence-corrected chi connectivity index (χ2v) is 9.27. The molecule has 0 fully saturated rings. The molecule has 3 amide bonds. The number of rotatable bonds is 20. The van der Waals surface area contributed by atoms with Crippen molar-refractivity contribution in [2.75, 3.05) is 13.1 Å². The van der Waals surface area contributed by atoms with E-state index >= 15 is 0 Å². The van der Waals surface area contributed by atoms with Crippen molar-refractivity contribution in [1.82, 2.24) is 16.0 Å². The minimum absolute atomic E-state index is 0.0486. The van der Waals surface area contributed by atoms with Crippen molar-refractivity contribution in [3.05, 3.63) is 0 Å². The molecule has 0 rings (SSSR count). The molecule has 0 bridgehead atoms. The SMILES string of the molecule is CCC(C)C(NC(=O)C(CCC(=O)O)NC(=O)C(CCCN=C(N)N)NC(=O)C(N)CCCN=C(N)N)C(=O)O. The van der Waals surface area contributed by atoms with E-state index in [2.05, 4.69) is 25.9 Å². The van der Waals surface area contributed by atoms with Crippen LogP contribution in [0.1, 0.15) is 58.8 Å². The third kappa shape index (κ3) is 15.3. The first-order chi connectivity index (χ1) is 18.7. The number of aliphatic imine (C=N–C) groups is 2. The van der Waals surface area contributed by atoms with Crippen molar-refractivity contribution >= 4 is 41.6 Å². The topological polar surface area (TPSA) is 317 Å². The highest BCUT2D eigenvalue weighted by atomic mass is 16.4. The zero-order chi connectivity index (χ0) is 30.8. The molecule has 0 heterocycles. The maximum absolute atomic E-state index is 13.2. The summed E-state index contributed by atoms with van der Waals surface area (Å²) in [6.45, 7) is 3.77. The molecule has 15 N–H and O–H groups in total. The summed E-state index contributed by atoms with van der Waals surface area (Å²) in [5.41, 5.74) is 27.1. The molecule has 0 radical (unpaired) electrons. The van der Waals surface area contributed by atoms with E-state index in [9.17, 15) is 29.1 Å². The largest absolute Gasteiger partial charge is 0.481 e. The second-order valence-electron chi connectivity index (χ2n) is 9.27. The lowest BCUT2D eigenvalue weighted by molar-refractivity contribution is -0.144. The van der Waals surface area contributed by atoms with Crippen LogP contribution in [0.25, 0.3) is 0 Å². The van der Waals surface area contributed by atoms with Gasteiger partial charge in [0.15, 0.2) is 11.9 Å². The Labute approximate surface area is 232 Å². The molecule has 17 heteroatoms. The summed E-state index contributed by atoms with van der Waals surface area (Å²) in [5, 5.41) is 26.0. The van der Waals surface area contributed by atoms with Gasteiger partial charge in [-0.1, -0.05) is 20.3 Å². The molecule has 0 aromatic rings. The highest BCUT2D eigenvalue weighted by molar-refractivity contribution is 5.94. The number of amides is 3. The summed E-state index contributed by atoms with van der Waals surface area (Å²) in [7, 11) is 0. The van der Waals surface area contributed by atoms with Crippen LogP contribution in [0.2, 0.25) is 0 Å². The molecule has 5 atom stereocenters. The lowest BCUT2D eigenvalue weighted by atomic mass is 9.98. The van der Waals surface area contributed by atoms with Crippen molar-refractivity contribution in [3.8, 4) is 0 Å². The Hall–Kier alpha value is -4.15. The van der Waals surface area contributed by atoms with Crippen LogP contribution >= 0.6 is 0 Å². The maximum atomic E-state index is 13.2. The molecule has 0 aliphatic rings. The standard InChI is InChI=1S/C23H44N10O7/c1-3-12(2)17(21(39)40)33-20(38)15(8-9-16(34)35)32-19(37)14(7-5-11-30-23(27)28)31-18(36)13(24)6-4-10-29-22(25)26/h12-15,17H,3-11,24H2,1-2H3,(H,31,36)(H,32,37)(H,33,38)(H,34,35)(H,39,40)(H4,25,26,29)(H4,27,28,30). The molecule has 40 heavy (non-hydrogen) atoms. The van der Waals surface area contributed by atoms with Crippen LogP contribution in [0.5, 0.6) is 0 Å². The lowest BCUT2D eigenvalue weighted by Gasteiger charge is -2.26. The summed E-state index contributed by atoms with van der Waals surface area (Å²) in [5.74, 6) is -5.52. The molecule has 0 aliphatic carbocycles. The number of guanidine groups is 2. The van der Waals surface area contributed by atoms with Crippen LogP contribution in [0, 0.1) is 5.92 Å². The quantitative estimate of drug-likeness (QED) is 0.0393. The van der Waals surface area contributed by atoms with E-state index < -0.39 is 66.2 Å². The predicted octanol–water partition coefficient (Wildman–Crippen LogP) is -3.13. The predicted molar refractivity (Wildman–Crippen MR) is 148 cm³/mol. The molecule has 0 saturated heterocycles. The summed E-state index contributed by atoms with van der Waals surface area (Å²) in [6, 6.07) is -4.83. The van der Waals surface area contributed by atoms with Gasteiger partial charge >= 0.3 is 11.9 Å². The number of nitrogens with one attached hydrogen (secondary N) is 3. The van der Waals surface area contributed by atoms with Gasteiger partial charge < -0.3 is 54.8 Å². The Bertz CT molecular complexity index is 920. The Balaban J connectivity index is 5.69. The molecular formula is C23H44N10O7. The summed E-state index contributed by atoms with van der Waals surface area (Å²) in [6.07, 6.45) is 0.552. The third-order valence-electron chi connectivity index (χ3n) is 5.94. The lowest BCUT2D eigenvalue weighted by Crippen LogP contribution is -2.57. The molecule has 0 aliphatic heterocycles. The first-order valence-electron chi connectivity index (χ1n) is 12.9. The smallest absolute Gasteiger partial charge is 0.326 e. The maximum Gasteiger partial charge on any atom is 0.326 e. The highest BCUT2D eigenvalue weighted by Crippen LogP contribution is 2.10. The van der Waals surface area contributed by atoms with Gasteiger partial charge in [-0.3, -0.25) is 29.2 Å². The number of nitrogens with zero attached hydrogens (tertiary/aromatic N) is 2. The van der Waals surface area contributed by atoms with Gasteiger partial charge in [-0.25, -0.2) is 4.79 Å². The van der Waals surface area contributed by atoms with Gasteiger partial charge in [0, 0.05) is 19.5 Å². The Morgan fingerprint density at radius 1 is 0.750 bits per heavy atom. The second kappa shape index (κ2) is 19.0. The van der Waals surface area contributed by atoms with Crippen LogP contribution in [0.4, 0.5) is 0 Å². The van der Waals surface area contributed by atoms with E-state index in [0.29, 0.717) is 12.8 Å². The fourth-order valence-electron chi connectivity index (χ4n) is 3.45. The summed E-state index contributed by atoms with van der Waals surface area (Å²) in [4.78, 5) is 69.3. The average Bonchev–Trinajstić information content (AvgIpc) is 2.87. The highest BCUT2D eigenvalue weighted by Gasteiger charge is 2.32. The van der Waals surface area contributed by atoms with E-state index in [0.717, 1.165) is 0 Å². The molecule has 0 saturated carbocycles. The molecule has 5 unspecified atom stereocenters. The fraction of sp³-hybridized carbons (Fsp3) is 0.696. The van der Waals surface area contributed by atoms with Gasteiger partial charge in [-0.15, -0.1) is 0 Å².